The van der Waals surface area contributed by atoms with E-state index in [4.69, 9.17) is 9.47 Å². The highest BCUT2D eigenvalue weighted by Crippen LogP contribution is 2.27. The number of aromatic hydroxyl groups is 1. The van der Waals surface area contributed by atoms with Gasteiger partial charge in [0.2, 0.25) is 6.41 Å². The van der Waals surface area contributed by atoms with E-state index in [1.807, 2.05) is 0 Å². The maximum atomic E-state index is 12.6. The van der Waals surface area contributed by atoms with Crippen LogP contribution < -0.4 is 10.6 Å². The van der Waals surface area contributed by atoms with Crippen molar-refractivity contribution in [2.75, 3.05) is 5.32 Å². The number of ether oxygens (including phenoxy) is 2. The highest BCUT2D eigenvalue weighted by atomic mass is 16.6. The number of cyclic esters (lactones) is 2. The van der Waals surface area contributed by atoms with Gasteiger partial charge in [0.05, 0.1) is 17.2 Å². The molecule has 5 atom stereocenters. The van der Waals surface area contributed by atoms with Crippen molar-refractivity contribution in [2.45, 2.75) is 51.5 Å². The maximum Gasteiger partial charge on any atom is 0.332 e. The summed E-state index contributed by atoms with van der Waals surface area (Å²) in [5, 5.41) is 25.1. The van der Waals surface area contributed by atoms with Crippen molar-refractivity contribution in [2.24, 2.45) is 5.92 Å². The third-order valence-electron chi connectivity index (χ3n) is 4.74. The van der Waals surface area contributed by atoms with Gasteiger partial charge < -0.3 is 30.3 Å². The van der Waals surface area contributed by atoms with E-state index < -0.39 is 53.9 Å². The monoisotopic (exact) mass is 408 g/mol. The van der Waals surface area contributed by atoms with E-state index in [0.717, 1.165) is 0 Å². The highest BCUT2D eigenvalue weighted by molar-refractivity contribution is 6.01. The molecule has 1 aromatic rings. The summed E-state index contributed by atoms with van der Waals surface area (Å²) in [5.74, 6) is -3.83. The average Bonchev–Trinajstić information content (AvgIpc) is 2.69. The smallest absolute Gasteiger partial charge is 0.332 e. The van der Waals surface area contributed by atoms with Crippen molar-refractivity contribution in [1.29, 1.82) is 0 Å². The Morgan fingerprint density at radius 2 is 1.83 bits per heavy atom. The number of anilines is 1. The first-order valence-electron chi connectivity index (χ1n) is 9.13. The van der Waals surface area contributed by atoms with Gasteiger partial charge in [-0.25, -0.2) is 4.79 Å². The van der Waals surface area contributed by atoms with Gasteiger partial charge in [0, 0.05) is 0 Å². The van der Waals surface area contributed by atoms with Gasteiger partial charge in [0.25, 0.3) is 5.91 Å². The van der Waals surface area contributed by atoms with E-state index in [-0.39, 0.29) is 17.7 Å². The number of benzene rings is 1. The molecule has 10 heteroatoms. The van der Waals surface area contributed by atoms with E-state index in [9.17, 15) is 29.4 Å². The molecule has 0 aromatic heterocycles. The normalized spacial score (nSPS) is 27.5. The topological polar surface area (TPSA) is 151 Å². The van der Waals surface area contributed by atoms with Crippen LogP contribution in [-0.4, -0.2) is 58.8 Å². The molecule has 1 aliphatic rings. The molecule has 0 bridgehead atoms. The second-order valence-electron chi connectivity index (χ2n) is 6.70. The van der Waals surface area contributed by atoms with Crippen LogP contribution in [0.25, 0.3) is 0 Å². The number of esters is 2. The summed E-state index contributed by atoms with van der Waals surface area (Å²) in [6.07, 6.45) is -2.74. The molecule has 1 aromatic carbocycles. The maximum absolute atomic E-state index is 12.6. The molecule has 1 aliphatic heterocycles. The number of phenolic OH excluding ortho intramolecular Hbond substituents is 1. The molecular weight excluding hydrogens is 384 g/mol. The van der Waals surface area contributed by atoms with E-state index >= 15 is 0 Å². The minimum absolute atomic E-state index is 0.00620. The molecule has 0 radical (unpaired) electrons. The highest BCUT2D eigenvalue weighted by Gasteiger charge is 2.40. The molecule has 1 saturated heterocycles. The van der Waals surface area contributed by atoms with Crippen LogP contribution in [0.3, 0.4) is 0 Å². The number of aliphatic hydroxyl groups is 1. The molecule has 10 nitrogen and oxygen atoms in total. The first-order chi connectivity index (χ1) is 13.7. The Morgan fingerprint density at radius 3 is 2.45 bits per heavy atom. The van der Waals surface area contributed by atoms with Gasteiger partial charge in [0.1, 0.15) is 18.3 Å². The second-order valence-corrected chi connectivity index (χ2v) is 6.70. The number of amides is 2. The Morgan fingerprint density at radius 1 is 1.17 bits per heavy atom. The number of phenols is 1. The molecular formula is C19H24N2O8. The lowest BCUT2D eigenvalue weighted by atomic mass is 9.96. The summed E-state index contributed by atoms with van der Waals surface area (Å²) in [7, 11) is 0. The molecule has 1 heterocycles. The average molecular weight is 408 g/mol. The predicted octanol–water partition coefficient (Wildman–Crippen LogP) is 0.323. The number of hydrogen-bond donors (Lipinski definition) is 4. The molecule has 158 valence electrons. The van der Waals surface area contributed by atoms with Crippen molar-refractivity contribution >= 4 is 29.9 Å². The van der Waals surface area contributed by atoms with Crippen molar-refractivity contribution in [3.05, 3.63) is 23.8 Å². The van der Waals surface area contributed by atoms with Gasteiger partial charge in [-0.05, 0) is 32.4 Å². The van der Waals surface area contributed by atoms with Gasteiger partial charge in [0.15, 0.2) is 11.8 Å². The van der Waals surface area contributed by atoms with Crippen LogP contribution in [0.1, 0.15) is 37.6 Å². The predicted molar refractivity (Wildman–Crippen MR) is 99.9 cm³/mol. The Balaban J connectivity index is 2.29. The minimum Gasteiger partial charge on any atom is -0.505 e. The summed E-state index contributed by atoms with van der Waals surface area (Å²) in [6.45, 7) is 4.53. The first kappa shape index (κ1) is 22.2. The third kappa shape index (κ3) is 4.83. The first-order valence-corrected chi connectivity index (χ1v) is 9.13. The number of carbonyl (C=O) groups is 4. The van der Waals surface area contributed by atoms with Gasteiger partial charge in [-0.3, -0.25) is 14.4 Å². The van der Waals surface area contributed by atoms with E-state index in [1.54, 1.807) is 6.92 Å². The summed E-state index contributed by atoms with van der Waals surface area (Å²) in [4.78, 5) is 48.1. The van der Waals surface area contributed by atoms with Gasteiger partial charge >= 0.3 is 11.9 Å². The molecule has 1 unspecified atom stereocenters. The molecule has 0 aliphatic carbocycles. The van der Waals surface area contributed by atoms with Gasteiger partial charge in [-0.1, -0.05) is 13.0 Å². The van der Waals surface area contributed by atoms with Crippen molar-refractivity contribution in [1.82, 2.24) is 5.32 Å². The van der Waals surface area contributed by atoms with Gasteiger partial charge in [-0.15, -0.1) is 0 Å². The number of carbonyl (C=O) groups excluding carboxylic acids is 4. The lowest BCUT2D eigenvalue weighted by molar-refractivity contribution is -0.159. The van der Waals surface area contributed by atoms with Crippen LogP contribution in [-0.2, 0) is 23.9 Å². The lowest BCUT2D eigenvalue weighted by Crippen LogP contribution is -2.50. The molecule has 1 fully saturated rings. The summed E-state index contributed by atoms with van der Waals surface area (Å²) >= 11 is 0. The Bertz CT molecular complexity index is 796. The van der Waals surface area contributed by atoms with Crippen LogP contribution in [0.15, 0.2) is 18.2 Å². The van der Waals surface area contributed by atoms with Crippen LogP contribution in [0, 0.1) is 5.92 Å². The zero-order valence-electron chi connectivity index (χ0n) is 16.2. The van der Waals surface area contributed by atoms with E-state index in [0.29, 0.717) is 6.41 Å². The van der Waals surface area contributed by atoms with E-state index in [2.05, 4.69) is 10.6 Å². The summed E-state index contributed by atoms with van der Waals surface area (Å²) in [5.41, 5.74) is -0.200. The number of aliphatic hydroxyl groups excluding tert-OH is 1. The largest absolute Gasteiger partial charge is 0.505 e. The molecule has 2 amide bonds. The zero-order valence-corrected chi connectivity index (χ0v) is 16.2. The fourth-order valence-corrected chi connectivity index (χ4v) is 3.03. The number of nitrogens with one attached hydrogen (secondary N) is 2. The van der Waals surface area contributed by atoms with Crippen molar-refractivity contribution in [3.8, 4) is 5.75 Å². The fraction of sp³-hybridized carbons (Fsp3) is 0.474. The van der Waals surface area contributed by atoms with Gasteiger partial charge in [-0.2, -0.15) is 0 Å². The van der Waals surface area contributed by atoms with E-state index in [1.165, 1.54) is 32.0 Å². The Labute approximate surface area is 167 Å². The molecule has 2 rings (SSSR count). The van der Waals surface area contributed by atoms with Crippen LogP contribution in [0.4, 0.5) is 5.69 Å². The van der Waals surface area contributed by atoms with Crippen LogP contribution in [0.5, 0.6) is 5.75 Å². The quantitative estimate of drug-likeness (QED) is 0.309. The van der Waals surface area contributed by atoms with Crippen LogP contribution >= 0.6 is 0 Å². The number of rotatable bonds is 5. The zero-order chi connectivity index (χ0) is 21.7. The molecule has 0 saturated carbocycles. The van der Waals surface area contributed by atoms with Crippen molar-refractivity contribution in [3.63, 3.8) is 0 Å². The lowest BCUT2D eigenvalue weighted by Gasteiger charge is -2.24. The Hall–Kier alpha value is -3.14. The standard InChI is InChI=1S/C19H24N2O8/c1-4-11-15(23)10(3)29-19(27)14(9(2)28-18(11)26)21-17(25)12-6-5-7-13(16(12)24)20-8-22/h5-11,14-15,23-24H,4H2,1-3H3,(H,20,22)(H,21,25)/t9-,10+,11-,14?,15+/m1/s1. The SMILES string of the molecule is CC[C@H]1C(=O)O[C@H](C)C(NC(=O)c2cccc(NC=O)c2O)C(=O)O[C@@H](C)[C@@H]1O. The summed E-state index contributed by atoms with van der Waals surface area (Å²) in [6, 6.07) is 2.72. The second kappa shape index (κ2) is 9.37. The molecule has 4 N–H and O–H groups in total. The number of para-hydroxylation sites is 1. The van der Waals surface area contributed by atoms with Crippen LogP contribution in [0.2, 0.25) is 0 Å². The third-order valence-corrected chi connectivity index (χ3v) is 4.74. The minimum atomic E-state index is -1.38. The Kier molecular flexibility index (Phi) is 7.16. The summed E-state index contributed by atoms with van der Waals surface area (Å²) < 4.78 is 10.5. The molecule has 29 heavy (non-hydrogen) atoms. The molecule has 0 spiro atoms. The van der Waals surface area contributed by atoms with Crippen molar-refractivity contribution < 1.29 is 38.9 Å². The number of hydrogen-bond acceptors (Lipinski definition) is 8. The fourth-order valence-electron chi connectivity index (χ4n) is 3.03.